The third-order valence-corrected chi connectivity index (χ3v) is 5.73. The Morgan fingerprint density at radius 2 is 1.97 bits per heavy atom. The highest BCUT2D eigenvalue weighted by Crippen LogP contribution is 2.35. The van der Waals surface area contributed by atoms with Crippen LogP contribution in [0.1, 0.15) is 11.1 Å². The molecule has 0 saturated carbocycles. The summed E-state index contributed by atoms with van der Waals surface area (Å²) in [5, 5.41) is 12.2. The van der Waals surface area contributed by atoms with E-state index in [0.717, 1.165) is 16.0 Å². The molecule has 160 valence electrons. The molecule has 2 atom stereocenters. The molecule has 3 amide bonds. The van der Waals surface area contributed by atoms with Gasteiger partial charge in [0.15, 0.2) is 12.1 Å². The molecule has 2 heterocycles. The van der Waals surface area contributed by atoms with E-state index in [1.165, 1.54) is 18.2 Å². The van der Waals surface area contributed by atoms with Gasteiger partial charge in [-0.2, -0.15) is 5.11 Å². The van der Waals surface area contributed by atoms with Crippen LogP contribution in [0.25, 0.3) is 0 Å². The summed E-state index contributed by atoms with van der Waals surface area (Å²) >= 11 is 6.14. The SMILES string of the molecule is COc1ccc(N2C(=O)[C@H]3N=NN(CC(=O)Nc4cccc(C)c4C)[C@@H]3C2=O)cc1Cl. The molecule has 31 heavy (non-hydrogen) atoms. The van der Waals surface area contributed by atoms with Gasteiger partial charge in [-0.3, -0.25) is 19.4 Å². The second-order valence-electron chi connectivity index (χ2n) is 7.32. The Hall–Kier alpha value is -3.46. The first-order chi connectivity index (χ1) is 14.8. The van der Waals surface area contributed by atoms with E-state index in [9.17, 15) is 14.4 Å². The molecule has 2 aliphatic rings. The number of amides is 3. The summed E-state index contributed by atoms with van der Waals surface area (Å²) in [6.07, 6.45) is 0. The van der Waals surface area contributed by atoms with Gasteiger partial charge in [0.2, 0.25) is 5.91 Å². The van der Waals surface area contributed by atoms with Crippen LogP contribution in [0.3, 0.4) is 0 Å². The standard InChI is InChI=1S/C21H20ClN5O4/c1-11-5-4-6-15(12(11)2)23-17(28)10-26-19-18(24-25-26)20(29)27(21(19)30)13-7-8-16(31-3)14(22)9-13/h4-9,18-19H,10H2,1-3H3,(H,23,28)/t18-,19-/m0/s1. The van der Waals surface area contributed by atoms with Crippen LogP contribution in [-0.4, -0.2) is 48.5 Å². The quantitative estimate of drug-likeness (QED) is 0.718. The van der Waals surface area contributed by atoms with Crippen LogP contribution in [0.4, 0.5) is 11.4 Å². The zero-order chi connectivity index (χ0) is 22.3. The third kappa shape index (κ3) is 3.61. The molecule has 0 bridgehead atoms. The van der Waals surface area contributed by atoms with Crippen LogP contribution < -0.4 is 15.0 Å². The Morgan fingerprint density at radius 1 is 1.19 bits per heavy atom. The fourth-order valence-electron chi connectivity index (χ4n) is 3.63. The van der Waals surface area contributed by atoms with Crippen molar-refractivity contribution in [3.63, 3.8) is 0 Å². The monoisotopic (exact) mass is 441 g/mol. The van der Waals surface area contributed by atoms with Crippen molar-refractivity contribution in [3.05, 3.63) is 52.5 Å². The minimum absolute atomic E-state index is 0.214. The van der Waals surface area contributed by atoms with Crippen molar-refractivity contribution < 1.29 is 19.1 Å². The van der Waals surface area contributed by atoms with Crippen molar-refractivity contribution in [2.24, 2.45) is 10.3 Å². The zero-order valence-electron chi connectivity index (χ0n) is 17.1. The highest BCUT2D eigenvalue weighted by Gasteiger charge is 2.55. The Kier molecular flexibility index (Phi) is 5.36. The number of carbonyl (C=O) groups excluding carboxylic acids is 3. The molecule has 10 heteroatoms. The lowest BCUT2D eigenvalue weighted by Crippen LogP contribution is -2.43. The van der Waals surface area contributed by atoms with E-state index in [0.29, 0.717) is 17.1 Å². The summed E-state index contributed by atoms with van der Waals surface area (Å²) in [6, 6.07) is 8.24. The number of nitrogens with zero attached hydrogens (tertiary/aromatic N) is 4. The van der Waals surface area contributed by atoms with E-state index in [-0.39, 0.29) is 17.5 Å². The Balaban J connectivity index is 1.51. The molecule has 2 aromatic rings. The summed E-state index contributed by atoms with van der Waals surface area (Å²) < 4.78 is 5.11. The van der Waals surface area contributed by atoms with E-state index < -0.39 is 23.9 Å². The fourth-order valence-corrected chi connectivity index (χ4v) is 3.88. The van der Waals surface area contributed by atoms with Crippen LogP contribution in [0.2, 0.25) is 5.02 Å². The number of nitrogens with one attached hydrogen (secondary N) is 1. The molecular weight excluding hydrogens is 422 g/mol. The number of hydrogen-bond acceptors (Lipinski definition) is 7. The number of carbonyl (C=O) groups is 3. The minimum Gasteiger partial charge on any atom is -0.495 e. The molecular formula is C21H20ClN5O4. The summed E-state index contributed by atoms with van der Waals surface area (Å²) in [5.41, 5.74) is 2.99. The van der Waals surface area contributed by atoms with Gasteiger partial charge < -0.3 is 10.1 Å². The van der Waals surface area contributed by atoms with Crippen LogP contribution in [0.15, 0.2) is 46.7 Å². The van der Waals surface area contributed by atoms with Crippen molar-refractivity contribution in [2.75, 3.05) is 23.9 Å². The zero-order valence-corrected chi connectivity index (χ0v) is 17.9. The number of rotatable bonds is 5. The summed E-state index contributed by atoms with van der Waals surface area (Å²) in [4.78, 5) is 39.5. The predicted octanol–water partition coefficient (Wildman–Crippen LogP) is 2.90. The van der Waals surface area contributed by atoms with E-state index >= 15 is 0 Å². The van der Waals surface area contributed by atoms with Gasteiger partial charge in [0.1, 0.15) is 12.3 Å². The predicted molar refractivity (Wildman–Crippen MR) is 114 cm³/mol. The average Bonchev–Trinajstić information content (AvgIpc) is 3.25. The van der Waals surface area contributed by atoms with E-state index in [1.54, 1.807) is 18.2 Å². The highest BCUT2D eigenvalue weighted by atomic mass is 35.5. The molecule has 9 nitrogen and oxygen atoms in total. The molecule has 4 rings (SSSR count). The Labute approximate surface area is 183 Å². The van der Waals surface area contributed by atoms with Gasteiger partial charge in [-0.1, -0.05) is 29.0 Å². The lowest BCUT2D eigenvalue weighted by molar-refractivity contribution is -0.123. The number of fused-ring (bicyclic) bond motifs is 1. The largest absolute Gasteiger partial charge is 0.495 e. The summed E-state index contributed by atoms with van der Waals surface area (Å²) in [6.45, 7) is 3.65. The van der Waals surface area contributed by atoms with Gasteiger partial charge in [-0.25, -0.2) is 4.90 Å². The Morgan fingerprint density at radius 3 is 2.68 bits per heavy atom. The first kappa shape index (κ1) is 20.8. The number of ether oxygens (including phenoxy) is 1. The fraction of sp³-hybridized carbons (Fsp3) is 0.286. The molecule has 0 spiro atoms. The molecule has 0 aromatic heterocycles. The van der Waals surface area contributed by atoms with Crippen LogP contribution in [0, 0.1) is 13.8 Å². The second kappa shape index (κ2) is 7.99. The number of aryl methyl sites for hydroxylation is 1. The maximum Gasteiger partial charge on any atom is 0.263 e. The number of halogens is 1. The van der Waals surface area contributed by atoms with E-state index in [4.69, 9.17) is 16.3 Å². The van der Waals surface area contributed by atoms with E-state index in [2.05, 4.69) is 15.7 Å². The molecule has 1 N–H and O–H groups in total. The number of methoxy groups -OCH3 is 1. The van der Waals surface area contributed by atoms with Gasteiger partial charge in [0.05, 0.1) is 17.8 Å². The summed E-state index contributed by atoms with van der Waals surface area (Å²) in [5.74, 6) is -0.966. The van der Waals surface area contributed by atoms with Crippen molar-refractivity contribution in [1.29, 1.82) is 0 Å². The third-order valence-electron chi connectivity index (χ3n) is 5.44. The van der Waals surface area contributed by atoms with Crippen molar-refractivity contribution in [2.45, 2.75) is 25.9 Å². The van der Waals surface area contributed by atoms with Crippen LogP contribution >= 0.6 is 11.6 Å². The molecule has 0 radical (unpaired) electrons. The lowest BCUT2D eigenvalue weighted by Gasteiger charge is -2.21. The highest BCUT2D eigenvalue weighted by molar-refractivity contribution is 6.33. The Bertz CT molecular complexity index is 1120. The van der Waals surface area contributed by atoms with Crippen LogP contribution in [-0.2, 0) is 14.4 Å². The van der Waals surface area contributed by atoms with Crippen molar-refractivity contribution in [3.8, 4) is 5.75 Å². The minimum atomic E-state index is -0.998. The average molecular weight is 442 g/mol. The first-order valence-corrected chi connectivity index (χ1v) is 9.94. The number of imide groups is 1. The van der Waals surface area contributed by atoms with Gasteiger partial charge in [-0.05, 0) is 49.2 Å². The van der Waals surface area contributed by atoms with Gasteiger partial charge in [-0.15, -0.1) is 0 Å². The molecule has 1 fully saturated rings. The molecule has 2 aliphatic heterocycles. The number of hydrogen-bond donors (Lipinski definition) is 1. The molecule has 2 aromatic carbocycles. The van der Waals surface area contributed by atoms with Gasteiger partial charge >= 0.3 is 0 Å². The van der Waals surface area contributed by atoms with Crippen molar-refractivity contribution >= 4 is 40.7 Å². The first-order valence-electron chi connectivity index (χ1n) is 9.56. The summed E-state index contributed by atoms with van der Waals surface area (Å²) in [7, 11) is 1.47. The van der Waals surface area contributed by atoms with Gasteiger partial charge in [0, 0.05) is 5.69 Å². The molecule has 1 saturated heterocycles. The number of benzene rings is 2. The van der Waals surface area contributed by atoms with E-state index in [1.807, 2.05) is 26.0 Å². The smallest absolute Gasteiger partial charge is 0.263 e. The lowest BCUT2D eigenvalue weighted by atomic mass is 10.1. The molecule has 0 unspecified atom stereocenters. The topological polar surface area (TPSA) is 104 Å². The van der Waals surface area contributed by atoms with Gasteiger partial charge in [0.25, 0.3) is 11.8 Å². The maximum atomic E-state index is 13.0. The maximum absolute atomic E-state index is 13.0. The second-order valence-corrected chi connectivity index (χ2v) is 7.73. The normalized spacial score (nSPS) is 19.7. The molecule has 0 aliphatic carbocycles. The van der Waals surface area contributed by atoms with Crippen LogP contribution in [0.5, 0.6) is 5.75 Å². The number of anilines is 2. The van der Waals surface area contributed by atoms with Crippen molar-refractivity contribution in [1.82, 2.24) is 5.01 Å².